The SMILES string of the molecule is CCC(C)NC(=NC)NCCCNS(C)(=O)=O. The van der Waals surface area contributed by atoms with Crippen LogP contribution in [0.25, 0.3) is 0 Å². The molecule has 0 saturated heterocycles. The number of aliphatic imine (C=N–C) groups is 1. The van der Waals surface area contributed by atoms with Crippen molar-refractivity contribution >= 4 is 16.0 Å². The second-order valence-corrected chi connectivity index (χ2v) is 5.81. The summed E-state index contributed by atoms with van der Waals surface area (Å²) in [6.45, 7) is 5.30. The van der Waals surface area contributed by atoms with Crippen molar-refractivity contribution in [2.45, 2.75) is 32.7 Å². The van der Waals surface area contributed by atoms with Gasteiger partial charge in [0, 0.05) is 26.2 Å². The summed E-state index contributed by atoms with van der Waals surface area (Å²) in [5.41, 5.74) is 0. The number of rotatable bonds is 7. The molecule has 0 rings (SSSR count). The summed E-state index contributed by atoms with van der Waals surface area (Å²) in [7, 11) is -1.36. The summed E-state index contributed by atoms with van der Waals surface area (Å²) in [6.07, 6.45) is 2.90. The number of sulfonamides is 1. The summed E-state index contributed by atoms with van der Waals surface area (Å²) in [6, 6.07) is 0.371. The first-order chi connectivity index (χ1) is 7.89. The maximum absolute atomic E-state index is 10.8. The number of hydrogen-bond acceptors (Lipinski definition) is 3. The standard InChI is InChI=1S/C10H24N4O2S/c1-5-9(2)14-10(11-3)12-7-6-8-13-17(4,15)16/h9,13H,5-8H2,1-4H3,(H2,11,12,14). The van der Waals surface area contributed by atoms with E-state index in [0.717, 1.165) is 18.6 Å². The molecule has 0 aliphatic heterocycles. The van der Waals surface area contributed by atoms with Gasteiger partial charge in [0.2, 0.25) is 10.0 Å². The van der Waals surface area contributed by atoms with Crippen LogP contribution in [0.4, 0.5) is 0 Å². The Morgan fingerprint density at radius 1 is 1.35 bits per heavy atom. The van der Waals surface area contributed by atoms with Crippen molar-refractivity contribution in [2.24, 2.45) is 4.99 Å². The summed E-state index contributed by atoms with van der Waals surface area (Å²) >= 11 is 0. The van der Waals surface area contributed by atoms with Gasteiger partial charge in [0.1, 0.15) is 0 Å². The van der Waals surface area contributed by atoms with Crippen LogP contribution in [0.3, 0.4) is 0 Å². The van der Waals surface area contributed by atoms with Crippen molar-refractivity contribution < 1.29 is 8.42 Å². The Kier molecular flexibility index (Phi) is 7.90. The van der Waals surface area contributed by atoms with Gasteiger partial charge in [-0.3, -0.25) is 4.99 Å². The zero-order valence-corrected chi connectivity index (χ0v) is 11.9. The van der Waals surface area contributed by atoms with Crippen molar-refractivity contribution in [3.05, 3.63) is 0 Å². The third kappa shape index (κ3) is 10.1. The van der Waals surface area contributed by atoms with Crippen LogP contribution >= 0.6 is 0 Å². The van der Waals surface area contributed by atoms with Crippen molar-refractivity contribution in [3.8, 4) is 0 Å². The Bertz CT molecular complexity index is 327. The van der Waals surface area contributed by atoms with E-state index in [4.69, 9.17) is 0 Å². The van der Waals surface area contributed by atoms with Gasteiger partial charge >= 0.3 is 0 Å². The highest BCUT2D eigenvalue weighted by atomic mass is 32.2. The van der Waals surface area contributed by atoms with Crippen LogP contribution in [-0.2, 0) is 10.0 Å². The predicted octanol–water partition coefficient (Wildman–Crippen LogP) is -0.111. The summed E-state index contributed by atoms with van der Waals surface area (Å²) in [5.74, 6) is 0.749. The molecule has 0 saturated carbocycles. The minimum atomic E-state index is -3.08. The molecule has 0 aliphatic carbocycles. The van der Waals surface area contributed by atoms with Crippen LogP contribution in [0.2, 0.25) is 0 Å². The first-order valence-electron chi connectivity index (χ1n) is 5.81. The fraction of sp³-hybridized carbons (Fsp3) is 0.900. The highest BCUT2D eigenvalue weighted by Crippen LogP contribution is 1.87. The van der Waals surface area contributed by atoms with Crippen LogP contribution < -0.4 is 15.4 Å². The lowest BCUT2D eigenvalue weighted by atomic mass is 10.3. The van der Waals surface area contributed by atoms with E-state index in [1.54, 1.807) is 7.05 Å². The second-order valence-electron chi connectivity index (χ2n) is 3.97. The van der Waals surface area contributed by atoms with Crippen LogP contribution in [0.5, 0.6) is 0 Å². The second kappa shape index (κ2) is 8.30. The van der Waals surface area contributed by atoms with Crippen LogP contribution in [0.1, 0.15) is 26.7 Å². The Balaban J connectivity index is 3.72. The van der Waals surface area contributed by atoms with E-state index < -0.39 is 10.0 Å². The van der Waals surface area contributed by atoms with Gasteiger partial charge in [-0.05, 0) is 19.8 Å². The molecule has 0 aromatic rings. The fourth-order valence-corrected chi connectivity index (χ4v) is 1.60. The molecular weight excluding hydrogens is 240 g/mol. The van der Waals surface area contributed by atoms with Crippen LogP contribution in [-0.4, -0.2) is 46.8 Å². The largest absolute Gasteiger partial charge is 0.356 e. The number of nitrogens with zero attached hydrogens (tertiary/aromatic N) is 1. The molecule has 0 aromatic carbocycles. The molecule has 17 heavy (non-hydrogen) atoms. The molecule has 6 nitrogen and oxygen atoms in total. The Morgan fingerprint density at radius 3 is 2.47 bits per heavy atom. The minimum Gasteiger partial charge on any atom is -0.356 e. The third-order valence-electron chi connectivity index (χ3n) is 2.23. The van der Waals surface area contributed by atoms with Gasteiger partial charge in [-0.1, -0.05) is 6.92 Å². The maximum Gasteiger partial charge on any atom is 0.208 e. The zero-order valence-electron chi connectivity index (χ0n) is 11.1. The van der Waals surface area contributed by atoms with Crippen molar-refractivity contribution in [1.82, 2.24) is 15.4 Å². The Labute approximate surface area is 104 Å². The normalized spacial score (nSPS) is 14.5. The first-order valence-corrected chi connectivity index (χ1v) is 7.70. The van der Waals surface area contributed by atoms with E-state index in [9.17, 15) is 8.42 Å². The molecule has 7 heteroatoms. The first kappa shape index (κ1) is 16.2. The van der Waals surface area contributed by atoms with E-state index in [2.05, 4.69) is 34.2 Å². The van der Waals surface area contributed by atoms with Crippen molar-refractivity contribution in [3.63, 3.8) is 0 Å². The van der Waals surface area contributed by atoms with E-state index >= 15 is 0 Å². The molecule has 1 unspecified atom stereocenters. The molecule has 3 N–H and O–H groups in total. The number of nitrogens with one attached hydrogen (secondary N) is 3. The van der Waals surface area contributed by atoms with Gasteiger partial charge in [-0.15, -0.1) is 0 Å². The van der Waals surface area contributed by atoms with E-state index in [1.807, 2.05) is 0 Å². The van der Waals surface area contributed by atoms with Gasteiger partial charge in [0.25, 0.3) is 0 Å². The van der Waals surface area contributed by atoms with Gasteiger partial charge < -0.3 is 10.6 Å². The molecule has 1 atom stereocenters. The van der Waals surface area contributed by atoms with E-state index in [1.165, 1.54) is 0 Å². The number of hydrogen-bond donors (Lipinski definition) is 3. The lowest BCUT2D eigenvalue weighted by Gasteiger charge is -2.16. The van der Waals surface area contributed by atoms with Gasteiger partial charge in [0.05, 0.1) is 6.26 Å². The van der Waals surface area contributed by atoms with Crippen LogP contribution in [0, 0.1) is 0 Å². The lowest BCUT2D eigenvalue weighted by molar-refractivity contribution is 0.583. The average Bonchev–Trinajstić information content (AvgIpc) is 2.25. The van der Waals surface area contributed by atoms with E-state index in [0.29, 0.717) is 25.6 Å². The molecule has 0 fully saturated rings. The monoisotopic (exact) mass is 264 g/mol. The quantitative estimate of drug-likeness (QED) is 0.340. The van der Waals surface area contributed by atoms with Crippen molar-refractivity contribution in [1.29, 1.82) is 0 Å². The highest BCUT2D eigenvalue weighted by Gasteiger charge is 2.02. The molecule has 0 aromatic heterocycles. The smallest absolute Gasteiger partial charge is 0.208 e. The Morgan fingerprint density at radius 2 is 2.00 bits per heavy atom. The molecule has 0 aliphatic rings. The van der Waals surface area contributed by atoms with Gasteiger partial charge in [0.15, 0.2) is 5.96 Å². The van der Waals surface area contributed by atoms with Gasteiger partial charge in [-0.25, -0.2) is 13.1 Å². The Hall–Kier alpha value is -0.820. The minimum absolute atomic E-state index is 0.371. The molecule has 0 amide bonds. The summed E-state index contributed by atoms with van der Waals surface area (Å²) in [4.78, 5) is 4.08. The molecule has 0 radical (unpaired) electrons. The molecule has 0 spiro atoms. The van der Waals surface area contributed by atoms with Gasteiger partial charge in [-0.2, -0.15) is 0 Å². The average molecular weight is 264 g/mol. The summed E-state index contributed by atoms with van der Waals surface area (Å²) < 4.78 is 24.0. The van der Waals surface area contributed by atoms with Crippen LogP contribution in [0.15, 0.2) is 4.99 Å². The summed E-state index contributed by atoms with van der Waals surface area (Å²) in [5, 5.41) is 6.35. The molecular formula is C10H24N4O2S. The molecule has 102 valence electrons. The molecule has 0 heterocycles. The van der Waals surface area contributed by atoms with Crippen molar-refractivity contribution in [2.75, 3.05) is 26.4 Å². The van der Waals surface area contributed by atoms with E-state index in [-0.39, 0.29) is 0 Å². The number of guanidine groups is 1. The maximum atomic E-state index is 10.8. The zero-order chi connectivity index (χ0) is 13.3. The highest BCUT2D eigenvalue weighted by molar-refractivity contribution is 7.88. The fourth-order valence-electron chi connectivity index (χ4n) is 1.08. The predicted molar refractivity (Wildman–Crippen MR) is 71.7 cm³/mol. The molecule has 0 bridgehead atoms. The topological polar surface area (TPSA) is 82.6 Å². The third-order valence-corrected chi connectivity index (χ3v) is 2.96. The lowest BCUT2D eigenvalue weighted by Crippen LogP contribution is -2.42.